The zero-order valence-electron chi connectivity index (χ0n) is 15.0. The Labute approximate surface area is 149 Å². The van der Waals surface area contributed by atoms with Gasteiger partial charge in [0.1, 0.15) is 0 Å². The van der Waals surface area contributed by atoms with Gasteiger partial charge in [0.2, 0.25) is 0 Å². The quantitative estimate of drug-likeness (QED) is 0.694. The van der Waals surface area contributed by atoms with Gasteiger partial charge in [-0.1, -0.05) is 52.0 Å². The molecular weight excluding hydrogens is 316 g/mol. The number of hydrogen-bond acceptors (Lipinski definition) is 3. The highest BCUT2D eigenvalue weighted by Crippen LogP contribution is 2.32. The third-order valence-corrected chi connectivity index (χ3v) is 5.78. The molecule has 2 aliphatic heterocycles. The van der Waals surface area contributed by atoms with Crippen molar-refractivity contribution in [1.29, 1.82) is 0 Å². The maximum atomic E-state index is 12.2. The summed E-state index contributed by atoms with van der Waals surface area (Å²) >= 11 is 1.52. The first-order valence-corrected chi connectivity index (χ1v) is 9.52. The molecule has 0 atom stereocenters. The van der Waals surface area contributed by atoms with E-state index in [-0.39, 0.29) is 11.3 Å². The topological polar surface area (TPSA) is 32.7 Å². The fraction of sp³-hybridized carbons (Fsp3) is 0.500. The minimum atomic E-state index is -0.103. The molecule has 0 spiro atoms. The van der Waals surface area contributed by atoms with E-state index in [1.807, 2.05) is 6.08 Å². The number of carbonyl (C=O) groups excluding carboxylic acids is 1. The molecule has 1 amide bonds. The maximum absolute atomic E-state index is 12.2. The van der Waals surface area contributed by atoms with Gasteiger partial charge in [0.05, 0.1) is 4.91 Å². The molecule has 0 bridgehead atoms. The Morgan fingerprint density at radius 1 is 1.17 bits per heavy atom. The third kappa shape index (κ3) is 3.92. The Morgan fingerprint density at radius 3 is 2.38 bits per heavy atom. The summed E-state index contributed by atoms with van der Waals surface area (Å²) in [5, 5.41) is 0.879. The zero-order valence-corrected chi connectivity index (χ0v) is 15.8. The SMILES string of the molecule is CC1CCN(C2=NC(=O)/C(=C/c3ccc(C(C)(C)C)cc3)S2)CC1. The molecule has 0 aromatic heterocycles. The second kappa shape index (κ2) is 6.75. The first-order valence-electron chi connectivity index (χ1n) is 8.71. The van der Waals surface area contributed by atoms with E-state index in [1.54, 1.807) is 0 Å². The Balaban J connectivity index is 1.70. The Hall–Kier alpha value is -1.55. The summed E-state index contributed by atoms with van der Waals surface area (Å²) in [6.07, 6.45) is 4.32. The summed E-state index contributed by atoms with van der Waals surface area (Å²) < 4.78 is 0. The minimum absolute atomic E-state index is 0.103. The smallest absolute Gasteiger partial charge is 0.286 e. The van der Waals surface area contributed by atoms with Crippen molar-refractivity contribution in [2.45, 2.75) is 46.0 Å². The molecule has 0 N–H and O–H groups in total. The summed E-state index contributed by atoms with van der Waals surface area (Å²) in [5.41, 5.74) is 2.50. The first kappa shape index (κ1) is 17.3. The number of thioether (sulfide) groups is 1. The van der Waals surface area contributed by atoms with Crippen molar-refractivity contribution in [3.05, 3.63) is 40.3 Å². The molecule has 1 fully saturated rings. The highest BCUT2D eigenvalue weighted by molar-refractivity contribution is 8.18. The van der Waals surface area contributed by atoms with E-state index in [2.05, 4.69) is 61.9 Å². The van der Waals surface area contributed by atoms with Gasteiger partial charge >= 0.3 is 0 Å². The van der Waals surface area contributed by atoms with Crippen LogP contribution in [0.4, 0.5) is 0 Å². The van der Waals surface area contributed by atoms with Crippen molar-refractivity contribution >= 4 is 28.9 Å². The highest BCUT2D eigenvalue weighted by Gasteiger charge is 2.28. The van der Waals surface area contributed by atoms with Gasteiger partial charge < -0.3 is 4.90 Å². The summed E-state index contributed by atoms with van der Waals surface area (Å²) in [4.78, 5) is 19.5. The van der Waals surface area contributed by atoms with Gasteiger partial charge in [0.25, 0.3) is 5.91 Å². The van der Waals surface area contributed by atoms with Gasteiger partial charge in [-0.15, -0.1) is 0 Å². The standard InChI is InChI=1S/C20H26N2OS/c1-14-9-11-22(12-10-14)19-21-18(23)17(24-19)13-15-5-7-16(8-6-15)20(2,3)4/h5-8,13-14H,9-12H2,1-4H3/b17-13-. The molecule has 2 aliphatic rings. The van der Waals surface area contributed by atoms with Crippen LogP contribution in [0.1, 0.15) is 51.7 Å². The lowest BCUT2D eigenvalue weighted by atomic mass is 9.87. The molecule has 1 aromatic rings. The maximum Gasteiger partial charge on any atom is 0.286 e. The van der Waals surface area contributed by atoms with Crippen molar-refractivity contribution < 1.29 is 4.79 Å². The van der Waals surface area contributed by atoms with Gasteiger partial charge in [-0.2, -0.15) is 4.99 Å². The molecule has 0 saturated carbocycles. The second-order valence-electron chi connectivity index (χ2n) is 7.85. The van der Waals surface area contributed by atoms with Crippen LogP contribution in [0.2, 0.25) is 0 Å². The molecule has 3 nitrogen and oxygen atoms in total. The molecule has 0 unspecified atom stereocenters. The van der Waals surface area contributed by atoms with Crippen molar-refractivity contribution in [3.8, 4) is 0 Å². The van der Waals surface area contributed by atoms with Crippen LogP contribution in [0.25, 0.3) is 6.08 Å². The Morgan fingerprint density at radius 2 is 1.79 bits per heavy atom. The summed E-state index contributed by atoms with van der Waals surface area (Å²) in [7, 11) is 0. The van der Waals surface area contributed by atoms with E-state index in [1.165, 1.54) is 30.2 Å². The fourth-order valence-corrected chi connectivity index (χ4v) is 3.93. The lowest BCUT2D eigenvalue weighted by Crippen LogP contribution is -2.35. The number of hydrogen-bond donors (Lipinski definition) is 0. The van der Waals surface area contributed by atoms with E-state index in [0.29, 0.717) is 0 Å². The van der Waals surface area contributed by atoms with E-state index >= 15 is 0 Å². The van der Waals surface area contributed by atoms with Crippen molar-refractivity contribution in [2.75, 3.05) is 13.1 Å². The number of carbonyl (C=O) groups is 1. The largest absolute Gasteiger partial charge is 0.351 e. The number of amides is 1. The minimum Gasteiger partial charge on any atom is -0.351 e. The predicted octanol–water partition coefficient (Wildman–Crippen LogP) is 4.69. The molecule has 0 aliphatic carbocycles. The van der Waals surface area contributed by atoms with Crippen LogP contribution < -0.4 is 0 Å². The summed E-state index contributed by atoms with van der Waals surface area (Å²) in [6.45, 7) is 10.9. The Bertz CT molecular complexity index is 675. The van der Waals surface area contributed by atoms with Crippen LogP contribution in [0.3, 0.4) is 0 Å². The lowest BCUT2D eigenvalue weighted by Gasteiger charge is -2.30. The van der Waals surface area contributed by atoms with Gasteiger partial charge in [0.15, 0.2) is 5.17 Å². The molecule has 4 heteroatoms. The normalized spacial score (nSPS) is 21.5. The van der Waals surface area contributed by atoms with Crippen molar-refractivity contribution in [3.63, 3.8) is 0 Å². The number of likely N-dealkylation sites (tertiary alicyclic amines) is 1. The second-order valence-corrected chi connectivity index (χ2v) is 8.86. The van der Waals surface area contributed by atoms with E-state index in [0.717, 1.165) is 34.6 Å². The molecular formula is C20H26N2OS. The molecule has 128 valence electrons. The Kier molecular flexibility index (Phi) is 4.86. The molecule has 0 radical (unpaired) electrons. The van der Waals surface area contributed by atoms with Crippen LogP contribution >= 0.6 is 11.8 Å². The zero-order chi connectivity index (χ0) is 17.3. The van der Waals surface area contributed by atoms with Crippen molar-refractivity contribution in [2.24, 2.45) is 10.9 Å². The number of aliphatic imine (C=N–C) groups is 1. The van der Waals surface area contributed by atoms with Gasteiger partial charge in [0, 0.05) is 13.1 Å². The number of benzene rings is 1. The van der Waals surface area contributed by atoms with E-state index < -0.39 is 0 Å². The molecule has 2 heterocycles. The molecule has 3 rings (SSSR count). The predicted molar refractivity (Wildman–Crippen MR) is 103 cm³/mol. The van der Waals surface area contributed by atoms with Crippen LogP contribution in [-0.4, -0.2) is 29.1 Å². The van der Waals surface area contributed by atoms with Crippen LogP contribution in [0.5, 0.6) is 0 Å². The highest BCUT2D eigenvalue weighted by atomic mass is 32.2. The van der Waals surface area contributed by atoms with E-state index in [4.69, 9.17) is 0 Å². The van der Waals surface area contributed by atoms with Crippen LogP contribution in [-0.2, 0) is 10.2 Å². The lowest BCUT2D eigenvalue weighted by molar-refractivity contribution is -0.113. The van der Waals surface area contributed by atoms with E-state index in [9.17, 15) is 4.79 Å². The summed E-state index contributed by atoms with van der Waals surface area (Å²) in [5.74, 6) is 0.675. The van der Waals surface area contributed by atoms with Gasteiger partial charge in [-0.05, 0) is 53.1 Å². The number of amidine groups is 1. The van der Waals surface area contributed by atoms with Crippen molar-refractivity contribution in [1.82, 2.24) is 4.90 Å². The van der Waals surface area contributed by atoms with Crippen LogP contribution in [0.15, 0.2) is 34.2 Å². The first-order chi connectivity index (χ1) is 11.3. The molecule has 24 heavy (non-hydrogen) atoms. The summed E-state index contributed by atoms with van der Waals surface area (Å²) in [6, 6.07) is 8.46. The average molecular weight is 343 g/mol. The molecule has 1 aromatic carbocycles. The number of rotatable bonds is 1. The number of piperidine rings is 1. The van der Waals surface area contributed by atoms with Gasteiger partial charge in [-0.25, -0.2) is 0 Å². The number of nitrogens with zero attached hydrogens (tertiary/aromatic N) is 2. The third-order valence-electron chi connectivity index (χ3n) is 4.74. The average Bonchev–Trinajstić information content (AvgIpc) is 2.89. The van der Waals surface area contributed by atoms with Gasteiger partial charge in [-0.3, -0.25) is 4.79 Å². The monoisotopic (exact) mass is 342 g/mol. The molecule has 1 saturated heterocycles. The fourth-order valence-electron chi connectivity index (χ4n) is 2.96. The van der Waals surface area contributed by atoms with Crippen LogP contribution in [0, 0.1) is 5.92 Å².